The summed E-state index contributed by atoms with van der Waals surface area (Å²) in [6, 6.07) is 12.6. The van der Waals surface area contributed by atoms with Gasteiger partial charge in [-0.1, -0.05) is 35.9 Å². The van der Waals surface area contributed by atoms with Gasteiger partial charge in [0.05, 0.1) is 22.4 Å². The highest BCUT2D eigenvalue weighted by molar-refractivity contribution is 7.21. The van der Waals surface area contributed by atoms with Gasteiger partial charge in [0.1, 0.15) is 22.5 Å². The number of aromatic nitrogens is 2. The summed E-state index contributed by atoms with van der Waals surface area (Å²) in [6.45, 7) is -0.880. The van der Waals surface area contributed by atoms with Crippen molar-refractivity contribution in [2.45, 2.75) is 0 Å². The fourth-order valence-corrected chi connectivity index (χ4v) is 4.67. The van der Waals surface area contributed by atoms with Gasteiger partial charge in [0.25, 0.3) is 11.8 Å². The second-order valence-electron chi connectivity index (χ2n) is 6.07. The van der Waals surface area contributed by atoms with Gasteiger partial charge in [-0.2, -0.15) is 8.75 Å². The predicted octanol–water partition coefficient (Wildman–Crippen LogP) is 3.47. The molecule has 30 heavy (non-hydrogen) atoms. The molecule has 0 spiro atoms. The van der Waals surface area contributed by atoms with Crippen molar-refractivity contribution >= 4 is 79.3 Å². The van der Waals surface area contributed by atoms with Gasteiger partial charge in [0.2, 0.25) is 0 Å². The number of hydrogen-bond donors (Lipinski definition) is 2. The minimum absolute atomic E-state index is 0.313. The molecule has 2 aromatic heterocycles. The Hall–Kier alpha value is -3.08. The number of ether oxygens (including phenoxy) is 1. The van der Waals surface area contributed by atoms with Crippen molar-refractivity contribution < 1.29 is 19.1 Å². The number of halogens is 1. The van der Waals surface area contributed by atoms with Gasteiger partial charge < -0.3 is 15.4 Å². The summed E-state index contributed by atoms with van der Waals surface area (Å²) in [5.41, 5.74) is 1.71. The Kier molecular flexibility index (Phi) is 5.88. The molecule has 11 heteroatoms. The summed E-state index contributed by atoms with van der Waals surface area (Å²) in [5, 5.41) is 6.20. The van der Waals surface area contributed by atoms with E-state index in [1.165, 1.54) is 11.3 Å². The van der Waals surface area contributed by atoms with E-state index in [4.69, 9.17) is 16.3 Å². The van der Waals surface area contributed by atoms with Crippen molar-refractivity contribution in [3.8, 4) is 0 Å². The Morgan fingerprint density at radius 1 is 1.07 bits per heavy atom. The predicted molar refractivity (Wildman–Crippen MR) is 116 cm³/mol. The molecule has 2 amide bonds. The summed E-state index contributed by atoms with van der Waals surface area (Å²) in [4.78, 5) is 36.6. The van der Waals surface area contributed by atoms with Gasteiger partial charge in [0, 0.05) is 10.1 Å². The van der Waals surface area contributed by atoms with E-state index in [1.54, 1.807) is 18.2 Å². The van der Waals surface area contributed by atoms with Gasteiger partial charge in [0.15, 0.2) is 6.61 Å². The SMILES string of the molecule is O=C(COC(=O)CNC(=O)c1sc2ccccc2c1Cl)Nc1cccc2nsnc12. The first kappa shape index (κ1) is 20.2. The number of esters is 1. The summed E-state index contributed by atoms with van der Waals surface area (Å²) >= 11 is 8.52. The standard InChI is InChI=1S/C19H13ClN4O4S2/c20-16-10-4-1-2-7-13(10)29-18(16)19(27)21-8-15(26)28-9-14(25)22-11-5-3-6-12-17(11)24-30-23-12/h1-7H,8-9H2,(H,21,27)(H,22,25). The van der Waals surface area contributed by atoms with Crippen LogP contribution in [0.25, 0.3) is 21.1 Å². The van der Waals surface area contributed by atoms with Crippen molar-refractivity contribution in [2.24, 2.45) is 0 Å². The maximum Gasteiger partial charge on any atom is 0.325 e. The number of nitrogens with one attached hydrogen (secondary N) is 2. The lowest BCUT2D eigenvalue weighted by Crippen LogP contribution is -2.32. The highest BCUT2D eigenvalue weighted by Gasteiger charge is 2.18. The number of rotatable bonds is 6. The first-order valence-electron chi connectivity index (χ1n) is 8.65. The molecular weight excluding hydrogens is 448 g/mol. The molecule has 0 aliphatic rings. The van der Waals surface area contributed by atoms with Gasteiger partial charge in [-0.15, -0.1) is 11.3 Å². The number of benzene rings is 2. The highest BCUT2D eigenvalue weighted by atomic mass is 35.5. The molecule has 0 radical (unpaired) electrons. The number of nitrogens with zero attached hydrogens (tertiary/aromatic N) is 2. The molecule has 0 fully saturated rings. The topological polar surface area (TPSA) is 110 Å². The Balaban J connectivity index is 1.28. The minimum atomic E-state index is -0.746. The molecule has 2 heterocycles. The molecule has 0 aliphatic carbocycles. The number of carbonyl (C=O) groups is 3. The van der Waals surface area contributed by atoms with Crippen LogP contribution in [0, 0.1) is 0 Å². The van der Waals surface area contributed by atoms with E-state index in [0.717, 1.165) is 21.8 Å². The second-order valence-corrected chi connectivity index (χ2v) is 8.03. The maximum atomic E-state index is 12.3. The number of thiophene rings is 1. The Labute approximate surface area is 183 Å². The van der Waals surface area contributed by atoms with Crippen molar-refractivity contribution in [2.75, 3.05) is 18.5 Å². The fraction of sp³-hybridized carbons (Fsp3) is 0.105. The van der Waals surface area contributed by atoms with Crippen LogP contribution in [0.1, 0.15) is 9.67 Å². The van der Waals surface area contributed by atoms with Crippen LogP contribution in [-0.2, 0) is 14.3 Å². The Morgan fingerprint density at radius 3 is 2.73 bits per heavy atom. The van der Waals surface area contributed by atoms with E-state index in [1.807, 2.05) is 24.3 Å². The molecular formula is C19H13ClN4O4S2. The number of hydrogen-bond acceptors (Lipinski definition) is 8. The molecule has 8 nitrogen and oxygen atoms in total. The summed E-state index contributed by atoms with van der Waals surface area (Å²) < 4.78 is 14.0. The van der Waals surface area contributed by atoms with Crippen LogP contribution in [-0.4, -0.2) is 39.7 Å². The molecule has 0 atom stereocenters. The first-order valence-corrected chi connectivity index (χ1v) is 10.6. The molecule has 152 valence electrons. The van der Waals surface area contributed by atoms with E-state index < -0.39 is 24.4 Å². The van der Waals surface area contributed by atoms with E-state index in [2.05, 4.69) is 19.4 Å². The number of amides is 2. The lowest BCUT2D eigenvalue weighted by Gasteiger charge is -2.07. The zero-order chi connectivity index (χ0) is 21.1. The number of carbonyl (C=O) groups excluding carboxylic acids is 3. The van der Waals surface area contributed by atoms with E-state index in [9.17, 15) is 14.4 Å². The monoisotopic (exact) mass is 460 g/mol. The third kappa shape index (κ3) is 4.25. The van der Waals surface area contributed by atoms with Gasteiger partial charge in [-0.05, 0) is 18.2 Å². The fourth-order valence-electron chi connectivity index (χ4n) is 2.68. The number of anilines is 1. The zero-order valence-electron chi connectivity index (χ0n) is 15.2. The molecule has 0 aliphatic heterocycles. The summed E-state index contributed by atoms with van der Waals surface area (Å²) in [7, 11) is 0. The molecule has 2 N–H and O–H groups in total. The highest BCUT2D eigenvalue weighted by Crippen LogP contribution is 2.34. The van der Waals surface area contributed by atoms with Crippen LogP contribution < -0.4 is 10.6 Å². The van der Waals surface area contributed by atoms with Crippen molar-refractivity contribution in [3.63, 3.8) is 0 Å². The largest absolute Gasteiger partial charge is 0.454 e. The molecule has 2 aromatic carbocycles. The quantitative estimate of drug-likeness (QED) is 0.426. The first-order chi connectivity index (χ1) is 14.5. The smallest absolute Gasteiger partial charge is 0.325 e. The van der Waals surface area contributed by atoms with Crippen LogP contribution in [0.4, 0.5) is 5.69 Å². The lowest BCUT2D eigenvalue weighted by atomic mass is 10.2. The Morgan fingerprint density at radius 2 is 1.90 bits per heavy atom. The van der Waals surface area contributed by atoms with Gasteiger partial charge >= 0.3 is 5.97 Å². The van der Waals surface area contributed by atoms with Crippen LogP contribution in [0.2, 0.25) is 5.02 Å². The van der Waals surface area contributed by atoms with Crippen LogP contribution >= 0.6 is 34.7 Å². The average molecular weight is 461 g/mol. The van der Waals surface area contributed by atoms with Crippen molar-refractivity contribution in [1.82, 2.24) is 14.1 Å². The second kappa shape index (κ2) is 8.74. The Bertz CT molecular complexity index is 1270. The van der Waals surface area contributed by atoms with Crippen molar-refractivity contribution in [3.05, 3.63) is 52.4 Å². The normalized spacial score (nSPS) is 10.8. The van der Waals surface area contributed by atoms with E-state index >= 15 is 0 Å². The van der Waals surface area contributed by atoms with E-state index in [0.29, 0.717) is 26.6 Å². The summed E-state index contributed by atoms with van der Waals surface area (Å²) in [6.07, 6.45) is 0. The third-order valence-corrected chi connectivity index (χ3v) is 6.28. The van der Waals surface area contributed by atoms with Gasteiger partial charge in [-0.3, -0.25) is 14.4 Å². The molecule has 4 aromatic rings. The third-order valence-electron chi connectivity index (χ3n) is 4.06. The molecule has 0 bridgehead atoms. The maximum absolute atomic E-state index is 12.3. The molecule has 0 unspecified atom stereocenters. The van der Waals surface area contributed by atoms with Gasteiger partial charge in [-0.25, -0.2) is 0 Å². The summed E-state index contributed by atoms with van der Waals surface area (Å²) in [5.74, 6) is -1.75. The van der Waals surface area contributed by atoms with E-state index in [-0.39, 0.29) is 6.54 Å². The lowest BCUT2D eigenvalue weighted by molar-refractivity contribution is -0.146. The molecule has 0 saturated carbocycles. The molecule has 0 saturated heterocycles. The average Bonchev–Trinajstić information content (AvgIpc) is 3.36. The zero-order valence-corrected chi connectivity index (χ0v) is 17.6. The minimum Gasteiger partial charge on any atom is -0.454 e. The van der Waals surface area contributed by atoms with Crippen molar-refractivity contribution in [1.29, 1.82) is 0 Å². The number of fused-ring (bicyclic) bond motifs is 2. The van der Waals surface area contributed by atoms with Crippen LogP contribution in [0.3, 0.4) is 0 Å². The molecule has 4 rings (SSSR count). The van der Waals surface area contributed by atoms with Crippen LogP contribution in [0.5, 0.6) is 0 Å². The van der Waals surface area contributed by atoms with Crippen LogP contribution in [0.15, 0.2) is 42.5 Å².